The number of hydrogen-bond acceptors (Lipinski definition) is 4. The van der Waals surface area contributed by atoms with Crippen LogP contribution in [0.2, 0.25) is 0 Å². The summed E-state index contributed by atoms with van der Waals surface area (Å²) in [5, 5.41) is 5.91. The van der Waals surface area contributed by atoms with Crippen molar-refractivity contribution in [2.75, 3.05) is 19.6 Å². The Morgan fingerprint density at radius 3 is 3.00 bits per heavy atom. The van der Waals surface area contributed by atoms with Crippen molar-refractivity contribution in [2.24, 2.45) is 0 Å². The Morgan fingerprint density at radius 2 is 2.24 bits per heavy atom. The van der Waals surface area contributed by atoms with E-state index in [9.17, 15) is 0 Å². The van der Waals surface area contributed by atoms with Crippen LogP contribution in [-0.2, 0) is 0 Å². The summed E-state index contributed by atoms with van der Waals surface area (Å²) in [6.45, 7) is 8.25. The van der Waals surface area contributed by atoms with Crippen LogP contribution in [0, 0.1) is 0 Å². The van der Waals surface area contributed by atoms with Gasteiger partial charge in [0.05, 0.1) is 10.2 Å². The normalized spacial score (nSPS) is 19.1. The van der Waals surface area contributed by atoms with Gasteiger partial charge in [0.1, 0.15) is 0 Å². The summed E-state index contributed by atoms with van der Waals surface area (Å²) in [4.78, 5) is 7.14. The predicted octanol–water partition coefficient (Wildman–Crippen LogP) is 3.82. The Hall–Kier alpha value is -0.970. The highest BCUT2D eigenvalue weighted by atomic mass is 32.1. The second-order valence-corrected chi connectivity index (χ2v) is 7.02. The quantitative estimate of drug-likeness (QED) is 0.910. The lowest BCUT2D eigenvalue weighted by Crippen LogP contribution is -2.43. The Balaban J connectivity index is 1.57. The molecular weight excluding hydrogens is 278 g/mol. The smallest absolute Gasteiger partial charge is 0.0809 e. The van der Waals surface area contributed by atoms with E-state index in [1.807, 2.05) is 6.20 Å². The van der Waals surface area contributed by atoms with Crippen molar-refractivity contribution < 1.29 is 0 Å². The third kappa shape index (κ3) is 3.62. The summed E-state index contributed by atoms with van der Waals surface area (Å²) in [7, 11) is 0. The summed E-state index contributed by atoms with van der Waals surface area (Å²) < 4.78 is 1.29. The van der Waals surface area contributed by atoms with E-state index in [1.54, 1.807) is 11.3 Å². The first-order chi connectivity index (χ1) is 10.3. The monoisotopic (exact) mass is 303 g/mol. The van der Waals surface area contributed by atoms with E-state index < -0.39 is 0 Å². The van der Waals surface area contributed by atoms with E-state index in [0.717, 1.165) is 5.52 Å². The molecule has 1 fully saturated rings. The summed E-state index contributed by atoms with van der Waals surface area (Å²) in [6, 6.07) is 5.40. The van der Waals surface area contributed by atoms with Crippen LogP contribution in [-0.4, -0.2) is 35.6 Å². The number of hydrogen-bond donors (Lipinski definition) is 1. The van der Waals surface area contributed by atoms with Crippen molar-refractivity contribution in [2.45, 2.75) is 45.2 Å². The molecule has 0 radical (unpaired) electrons. The fourth-order valence-electron chi connectivity index (χ4n) is 3.19. The fourth-order valence-corrected chi connectivity index (χ4v) is 3.98. The molecule has 1 aliphatic heterocycles. The molecule has 2 aromatic rings. The number of pyridine rings is 1. The van der Waals surface area contributed by atoms with Crippen molar-refractivity contribution in [1.29, 1.82) is 0 Å². The highest BCUT2D eigenvalue weighted by Crippen LogP contribution is 2.23. The highest BCUT2D eigenvalue weighted by molar-refractivity contribution is 7.17. The van der Waals surface area contributed by atoms with Gasteiger partial charge in [0.25, 0.3) is 0 Å². The maximum absolute atomic E-state index is 4.55. The summed E-state index contributed by atoms with van der Waals surface area (Å²) in [5.74, 6) is 0. The van der Waals surface area contributed by atoms with Crippen molar-refractivity contribution in [3.05, 3.63) is 29.3 Å². The standard InChI is InChI=1S/C17H25N3S/c1-3-7-20-8-4-15(5-9-20)19-13(2)14-11-17-16(18-12-14)6-10-21-17/h6,10-13,15,19H,3-5,7-9H2,1-2H3. The predicted molar refractivity (Wildman–Crippen MR) is 90.9 cm³/mol. The number of rotatable bonds is 5. The molecule has 21 heavy (non-hydrogen) atoms. The molecule has 0 amide bonds. The van der Waals surface area contributed by atoms with E-state index in [2.05, 4.69) is 46.6 Å². The van der Waals surface area contributed by atoms with E-state index >= 15 is 0 Å². The Labute approximate surface area is 131 Å². The van der Waals surface area contributed by atoms with Gasteiger partial charge in [0.2, 0.25) is 0 Å². The molecule has 1 N–H and O–H groups in total. The Kier molecular flexibility index (Phi) is 4.88. The van der Waals surface area contributed by atoms with Crippen LogP contribution in [0.25, 0.3) is 10.2 Å². The van der Waals surface area contributed by atoms with Gasteiger partial charge in [0, 0.05) is 18.3 Å². The lowest BCUT2D eigenvalue weighted by molar-refractivity contribution is 0.192. The molecule has 0 aromatic carbocycles. The second kappa shape index (κ2) is 6.86. The number of aromatic nitrogens is 1. The van der Waals surface area contributed by atoms with E-state index in [0.29, 0.717) is 12.1 Å². The van der Waals surface area contributed by atoms with E-state index in [1.165, 1.54) is 49.2 Å². The van der Waals surface area contributed by atoms with Crippen LogP contribution < -0.4 is 5.32 Å². The minimum Gasteiger partial charge on any atom is -0.307 e. The molecule has 1 aliphatic rings. The Morgan fingerprint density at radius 1 is 1.43 bits per heavy atom. The minimum atomic E-state index is 0.381. The van der Waals surface area contributed by atoms with Crippen LogP contribution >= 0.6 is 11.3 Å². The van der Waals surface area contributed by atoms with E-state index in [-0.39, 0.29) is 0 Å². The zero-order chi connectivity index (χ0) is 14.7. The van der Waals surface area contributed by atoms with Gasteiger partial charge < -0.3 is 10.2 Å². The first kappa shape index (κ1) is 14.9. The van der Waals surface area contributed by atoms with Gasteiger partial charge in [-0.15, -0.1) is 11.3 Å². The largest absolute Gasteiger partial charge is 0.307 e. The molecule has 0 spiro atoms. The van der Waals surface area contributed by atoms with Gasteiger partial charge in [-0.1, -0.05) is 6.92 Å². The van der Waals surface area contributed by atoms with Crippen LogP contribution in [0.1, 0.15) is 44.7 Å². The van der Waals surface area contributed by atoms with Crippen molar-refractivity contribution >= 4 is 21.6 Å². The van der Waals surface area contributed by atoms with Crippen molar-refractivity contribution in [3.8, 4) is 0 Å². The molecule has 1 unspecified atom stereocenters. The first-order valence-corrected chi connectivity index (χ1v) is 8.95. The summed E-state index contributed by atoms with van der Waals surface area (Å²) in [6.07, 6.45) is 5.82. The molecule has 114 valence electrons. The van der Waals surface area contributed by atoms with Gasteiger partial charge >= 0.3 is 0 Å². The molecule has 3 rings (SSSR count). The van der Waals surface area contributed by atoms with Crippen molar-refractivity contribution in [3.63, 3.8) is 0 Å². The number of likely N-dealkylation sites (tertiary alicyclic amines) is 1. The zero-order valence-corrected chi connectivity index (χ0v) is 13.8. The molecule has 0 bridgehead atoms. The number of nitrogens with zero attached hydrogens (tertiary/aromatic N) is 2. The average molecular weight is 303 g/mol. The maximum Gasteiger partial charge on any atom is 0.0809 e. The summed E-state index contributed by atoms with van der Waals surface area (Å²) >= 11 is 1.77. The second-order valence-electron chi connectivity index (χ2n) is 6.08. The third-order valence-corrected chi connectivity index (χ3v) is 5.29. The fraction of sp³-hybridized carbons (Fsp3) is 0.588. The van der Waals surface area contributed by atoms with Crippen molar-refractivity contribution in [1.82, 2.24) is 15.2 Å². The highest BCUT2D eigenvalue weighted by Gasteiger charge is 2.20. The molecular formula is C17H25N3S. The van der Waals surface area contributed by atoms with Gasteiger partial charge in [-0.05, 0) is 68.9 Å². The average Bonchev–Trinajstić information content (AvgIpc) is 2.97. The molecule has 0 aliphatic carbocycles. The molecule has 1 atom stereocenters. The molecule has 3 nitrogen and oxygen atoms in total. The molecule has 2 aromatic heterocycles. The van der Waals surface area contributed by atoms with Gasteiger partial charge in [-0.25, -0.2) is 0 Å². The number of nitrogens with one attached hydrogen (secondary N) is 1. The van der Waals surface area contributed by atoms with Crippen LogP contribution in [0.4, 0.5) is 0 Å². The number of fused-ring (bicyclic) bond motifs is 1. The van der Waals surface area contributed by atoms with Crippen LogP contribution in [0.15, 0.2) is 23.7 Å². The lowest BCUT2D eigenvalue weighted by Gasteiger charge is -2.33. The first-order valence-electron chi connectivity index (χ1n) is 8.08. The van der Waals surface area contributed by atoms with E-state index in [4.69, 9.17) is 0 Å². The third-order valence-electron chi connectivity index (χ3n) is 4.44. The molecule has 4 heteroatoms. The zero-order valence-electron chi connectivity index (χ0n) is 13.0. The topological polar surface area (TPSA) is 28.2 Å². The molecule has 1 saturated heterocycles. The number of piperidine rings is 1. The molecule has 3 heterocycles. The SMILES string of the molecule is CCCN1CCC(NC(C)c2cnc3ccsc3c2)CC1. The van der Waals surface area contributed by atoms with Crippen LogP contribution in [0.3, 0.4) is 0 Å². The van der Waals surface area contributed by atoms with Gasteiger partial charge in [0.15, 0.2) is 0 Å². The molecule has 0 saturated carbocycles. The van der Waals surface area contributed by atoms with Gasteiger partial charge in [-0.2, -0.15) is 0 Å². The summed E-state index contributed by atoms with van der Waals surface area (Å²) in [5.41, 5.74) is 2.42. The minimum absolute atomic E-state index is 0.381. The Bertz CT molecular complexity index is 572. The maximum atomic E-state index is 4.55. The van der Waals surface area contributed by atoms with Gasteiger partial charge in [-0.3, -0.25) is 4.98 Å². The lowest BCUT2D eigenvalue weighted by atomic mass is 10.0. The van der Waals surface area contributed by atoms with Crippen LogP contribution in [0.5, 0.6) is 0 Å². The number of thiophene rings is 1.